The molecule has 2 rings (SSSR count). The Morgan fingerprint density at radius 3 is 2.79 bits per heavy atom. The van der Waals surface area contributed by atoms with E-state index in [9.17, 15) is 5.11 Å². The van der Waals surface area contributed by atoms with Gasteiger partial charge in [-0.2, -0.15) is 0 Å². The summed E-state index contributed by atoms with van der Waals surface area (Å²) in [6.45, 7) is 8.08. The fourth-order valence-electron chi connectivity index (χ4n) is 2.18. The number of fused-ring (bicyclic) bond motifs is 1. The lowest BCUT2D eigenvalue weighted by Crippen LogP contribution is -2.38. The van der Waals surface area contributed by atoms with Gasteiger partial charge in [-0.05, 0) is 48.5 Å². The fraction of sp³-hybridized carbons (Fsp3) is 0.500. The van der Waals surface area contributed by atoms with E-state index >= 15 is 0 Å². The topological polar surface area (TPSA) is 40.8 Å². The van der Waals surface area contributed by atoms with Gasteiger partial charge in [0.05, 0.1) is 17.5 Å². The number of hydrogen-bond donors (Lipinski definition) is 1. The summed E-state index contributed by atoms with van der Waals surface area (Å²) >= 11 is 3.48. The van der Waals surface area contributed by atoms with E-state index in [2.05, 4.69) is 37.1 Å². The van der Waals surface area contributed by atoms with Crippen LogP contribution in [0.2, 0.25) is 0 Å². The summed E-state index contributed by atoms with van der Waals surface area (Å²) in [4.78, 5) is 6.61. The van der Waals surface area contributed by atoms with Crippen LogP contribution >= 0.6 is 15.9 Å². The van der Waals surface area contributed by atoms with Crippen molar-refractivity contribution < 1.29 is 5.11 Å². The first-order valence-corrected chi connectivity index (χ1v) is 7.24. The molecule has 0 fully saturated rings. The Labute approximate surface area is 122 Å². The van der Waals surface area contributed by atoms with Crippen molar-refractivity contribution in [2.75, 3.05) is 13.1 Å². The second-order valence-corrected chi connectivity index (χ2v) is 6.36. The van der Waals surface area contributed by atoms with Gasteiger partial charge in [0.1, 0.15) is 5.65 Å². The molecular formula is C14H20BrN3O. The first-order chi connectivity index (χ1) is 8.89. The zero-order valence-electron chi connectivity index (χ0n) is 11.6. The zero-order valence-corrected chi connectivity index (χ0v) is 13.2. The summed E-state index contributed by atoms with van der Waals surface area (Å²) in [6.07, 6.45) is 3.92. The highest BCUT2D eigenvalue weighted by Crippen LogP contribution is 2.16. The highest BCUT2D eigenvalue weighted by molar-refractivity contribution is 9.10. The molecule has 0 aliphatic carbocycles. The van der Waals surface area contributed by atoms with Gasteiger partial charge in [-0.15, -0.1) is 0 Å². The van der Waals surface area contributed by atoms with Crippen molar-refractivity contribution in [3.05, 3.63) is 34.7 Å². The summed E-state index contributed by atoms with van der Waals surface area (Å²) in [5, 5.41) is 9.93. The van der Waals surface area contributed by atoms with Gasteiger partial charge >= 0.3 is 0 Å². The maximum atomic E-state index is 9.93. The third-order valence-electron chi connectivity index (χ3n) is 2.99. The molecule has 0 atom stereocenters. The molecular weight excluding hydrogens is 306 g/mol. The first kappa shape index (κ1) is 14.5. The van der Waals surface area contributed by atoms with E-state index in [1.54, 1.807) is 0 Å². The maximum absolute atomic E-state index is 9.93. The molecule has 5 heteroatoms. The highest BCUT2D eigenvalue weighted by Gasteiger charge is 2.18. The van der Waals surface area contributed by atoms with Gasteiger partial charge in [0, 0.05) is 23.8 Å². The maximum Gasteiger partial charge on any atom is 0.136 e. The average Bonchev–Trinajstić information content (AvgIpc) is 2.69. The van der Waals surface area contributed by atoms with Crippen LogP contribution in [0.3, 0.4) is 0 Å². The van der Waals surface area contributed by atoms with Crippen molar-refractivity contribution in [1.29, 1.82) is 0 Å². The van der Waals surface area contributed by atoms with Crippen LogP contribution in [0.4, 0.5) is 0 Å². The SMILES string of the molecule is CCN(Cc1cnc2ccc(Br)cn12)CC(C)(C)O. The van der Waals surface area contributed by atoms with E-state index in [-0.39, 0.29) is 0 Å². The van der Waals surface area contributed by atoms with Crippen molar-refractivity contribution in [3.8, 4) is 0 Å². The summed E-state index contributed by atoms with van der Waals surface area (Å²) in [5.74, 6) is 0. The van der Waals surface area contributed by atoms with Crippen LogP contribution in [0, 0.1) is 0 Å². The van der Waals surface area contributed by atoms with Crippen LogP contribution in [0.15, 0.2) is 29.0 Å². The number of pyridine rings is 1. The molecule has 19 heavy (non-hydrogen) atoms. The molecule has 0 radical (unpaired) electrons. The molecule has 1 N–H and O–H groups in total. The number of likely N-dealkylation sites (N-methyl/N-ethyl adjacent to an activating group) is 1. The van der Waals surface area contributed by atoms with E-state index in [0.29, 0.717) is 6.54 Å². The minimum atomic E-state index is -0.683. The molecule has 0 aromatic carbocycles. The Kier molecular flexibility index (Phi) is 4.28. The number of hydrogen-bond acceptors (Lipinski definition) is 3. The predicted molar refractivity (Wildman–Crippen MR) is 80.1 cm³/mol. The molecule has 0 saturated carbocycles. The molecule has 0 spiro atoms. The largest absolute Gasteiger partial charge is 0.389 e. The number of imidazole rings is 1. The van der Waals surface area contributed by atoms with Gasteiger partial charge in [-0.1, -0.05) is 6.92 Å². The molecule has 0 aliphatic rings. The molecule has 2 aromatic heterocycles. The lowest BCUT2D eigenvalue weighted by Gasteiger charge is -2.27. The Bertz CT molecular complexity index is 559. The molecule has 104 valence electrons. The zero-order chi connectivity index (χ0) is 14.0. The second-order valence-electron chi connectivity index (χ2n) is 5.44. The van der Waals surface area contributed by atoms with E-state index in [1.165, 1.54) is 0 Å². The molecule has 2 heterocycles. The smallest absolute Gasteiger partial charge is 0.136 e. The fourth-order valence-corrected chi connectivity index (χ4v) is 2.51. The normalized spacial score (nSPS) is 12.5. The third kappa shape index (κ3) is 3.78. The van der Waals surface area contributed by atoms with Crippen molar-refractivity contribution in [2.45, 2.75) is 32.9 Å². The summed E-state index contributed by atoms with van der Waals surface area (Å²) in [7, 11) is 0. The van der Waals surface area contributed by atoms with Crippen LogP contribution < -0.4 is 0 Å². The highest BCUT2D eigenvalue weighted by atomic mass is 79.9. The standard InChI is InChI=1S/C14H20BrN3O/c1-4-17(10-14(2,3)19)9-12-7-16-13-6-5-11(15)8-18(12)13/h5-8,19H,4,9-10H2,1-3H3. The Hall–Kier alpha value is -0.910. The number of aromatic nitrogens is 2. The van der Waals surface area contributed by atoms with E-state index in [4.69, 9.17) is 0 Å². The Balaban J connectivity index is 2.22. The number of aliphatic hydroxyl groups is 1. The van der Waals surface area contributed by atoms with Crippen molar-refractivity contribution in [2.24, 2.45) is 0 Å². The third-order valence-corrected chi connectivity index (χ3v) is 3.46. The Morgan fingerprint density at radius 1 is 1.42 bits per heavy atom. The van der Waals surface area contributed by atoms with E-state index in [0.717, 1.165) is 28.9 Å². The predicted octanol–water partition coefficient (Wildman–Crippen LogP) is 2.69. The minimum Gasteiger partial charge on any atom is -0.389 e. The lowest BCUT2D eigenvalue weighted by atomic mass is 10.1. The van der Waals surface area contributed by atoms with E-state index < -0.39 is 5.60 Å². The summed E-state index contributed by atoms with van der Waals surface area (Å²) in [5.41, 5.74) is 1.39. The quantitative estimate of drug-likeness (QED) is 0.918. The number of nitrogens with zero attached hydrogens (tertiary/aromatic N) is 3. The molecule has 0 amide bonds. The molecule has 0 aliphatic heterocycles. The first-order valence-electron chi connectivity index (χ1n) is 6.45. The van der Waals surface area contributed by atoms with Gasteiger partial charge < -0.3 is 9.51 Å². The number of halogens is 1. The summed E-state index contributed by atoms with van der Waals surface area (Å²) in [6, 6.07) is 3.97. The van der Waals surface area contributed by atoms with Crippen LogP contribution in [0.5, 0.6) is 0 Å². The van der Waals surface area contributed by atoms with Gasteiger partial charge in [0.25, 0.3) is 0 Å². The van der Waals surface area contributed by atoms with Gasteiger partial charge in [0.15, 0.2) is 0 Å². The monoisotopic (exact) mass is 325 g/mol. The van der Waals surface area contributed by atoms with Crippen molar-refractivity contribution in [3.63, 3.8) is 0 Å². The molecule has 0 saturated heterocycles. The molecule has 4 nitrogen and oxygen atoms in total. The second kappa shape index (κ2) is 5.61. The van der Waals surface area contributed by atoms with Gasteiger partial charge in [-0.25, -0.2) is 4.98 Å². The van der Waals surface area contributed by atoms with Crippen molar-refractivity contribution in [1.82, 2.24) is 14.3 Å². The van der Waals surface area contributed by atoms with Crippen LogP contribution in [-0.2, 0) is 6.54 Å². The van der Waals surface area contributed by atoms with Crippen LogP contribution in [0.1, 0.15) is 26.5 Å². The summed E-state index contributed by atoms with van der Waals surface area (Å²) < 4.78 is 3.11. The van der Waals surface area contributed by atoms with Crippen molar-refractivity contribution >= 4 is 21.6 Å². The lowest BCUT2D eigenvalue weighted by molar-refractivity contribution is 0.0349. The van der Waals surface area contributed by atoms with Gasteiger partial charge in [-0.3, -0.25) is 4.90 Å². The van der Waals surface area contributed by atoms with E-state index in [1.807, 2.05) is 38.4 Å². The molecule has 0 unspecified atom stereocenters. The average molecular weight is 326 g/mol. The van der Waals surface area contributed by atoms with Gasteiger partial charge in [0.2, 0.25) is 0 Å². The molecule has 0 bridgehead atoms. The number of rotatable bonds is 5. The Morgan fingerprint density at radius 2 is 2.16 bits per heavy atom. The minimum absolute atomic E-state index is 0.644. The molecule has 2 aromatic rings. The van der Waals surface area contributed by atoms with Crippen LogP contribution in [0.25, 0.3) is 5.65 Å². The van der Waals surface area contributed by atoms with Crippen LogP contribution in [-0.4, -0.2) is 38.1 Å².